The van der Waals surface area contributed by atoms with Crippen LogP contribution in [-0.4, -0.2) is 23.5 Å². The lowest BCUT2D eigenvalue weighted by molar-refractivity contribution is -0.117. The Balaban J connectivity index is 2.30. The number of nitriles is 1. The lowest BCUT2D eigenvalue weighted by Crippen LogP contribution is -2.28. The van der Waals surface area contributed by atoms with Crippen LogP contribution in [0.2, 0.25) is 0 Å². The van der Waals surface area contributed by atoms with E-state index < -0.39 is 0 Å². The molecule has 2 heterocycles. The van der Waals surface area contributed by atoms with Crippen molar-refractivity contribution >= 4 is 11.7 Å². The van der Waals surface area contributed by atoms with Crippen molar-refractivity contribution in [1.29, 1.82) is 5.26 Å². The molecule has 0 spiro atoms. The zero-order chi connectivity index (χ0) is 10.8. The topological polar surface area (TPSA) is 83.0 Å². The van der Waals surface area contributed by atoms with Crippen molar-refractivity contribution in [1.82, 2.24) is 4.98 Å². The van der Waals surface area contributed by atoms with E-state index in [0.29, 0.717) is 24.3 Å². The smallest absolute Gasteiger partial charge is 0.229 e. The molecule has 0 aromatic carbocycles. The van der Waals surface area contributed by atoms with Gasteiger partial charge in [0, 0.05) is 25.2 Å². The minimum Gasteiger partial charge on any atom is -0.326 e. The van der Waals surface area contributed by atoms with Gasteiger partial charge in [-0.3, -0.25) is 9.69 Å². The highest BCUT2D eigenvalue weighted by molar-refractivity contribution is 5.95. The Bertz CT molecular complexity index is 437. The number of carbonyl (C=O) groups is 1. The van der Waals surface area contributed by atoms with Gasteiger partial charge in [0.2, 0.25) is 5.91 Å². The molecule has 5 heteroatoms. The fraction of sp³-hybridized carbons (Fsp3) is 0.300. The average molecular weight is 202 g/mol. The molecular formula is C10H10N4O. The summed E-state index contributed by atoms with van der Waals surface area (Å²) in [6.07, 6.45) is 1.86. The van der Waals surface area contributed by atoms with E-state index in [2.05, 4.69) is 4.98 Å². The lowest BCUT2D eigenvalue weighted by Gasteiger charge is -2.14. The lowest BCUT2D eigenvalue weighted by atomic mass is 10.3. The molecule has 1 unspecified atom stereocenters. The normalized spacial score (nSPS) is 20.4. The number of pyridine rings is 1. The standard InChI is InChI=1S/C10H10N4O/c11-5-7-1-2-13-9(3-7)14-6-8(12)4-10(14)15/h1-3,8H,4,6,12H2. The minimum absolute atomic E-state index is 0.0370. The molecule has 15 heavy (non-hydrogen) atoms. The second-order valence-corrected chi connectivity index (χ2v) is 3.48. The molecule has 0 aliphatic carbocycles. The number of anilines is 1. The molecule has 0 bridgehead atoms. The Labute approximate surface area is 87.1 Å². The molecule has 1 fully saturated rings. The predicted molar refractivity (Wildman–Crippen MR) is 53.9 cm³/mol. The maximum Gasteiger partial charge on any atom is 0.229 e. The Morgan fingerprint density at radius 2 is 2.47 bits per heavy atom. The summed E-state index contributed by atoms with van der Waals surface area (Å²) in [5.41, 5.74) is 6.16. The highest BCUT2D eigenvalue weighted by atomic mass is 16.2. The van der Waals surface area contributed by atoms with Crippen LogP contribution in [0.4, 0.5) is 5.82 Å². The highest BCUT2D eigenvalue weighted by Crippen LogP contribution is 2.18. The summed E-state index contributed by atoms with van der Waals surface area (Å²) in [6.45, 7) is 0.473. The van der Waals surface area contributed by atoms with Crippen molar-refractivity contribution in [2.75, 3.05) is 11.4 Å². The Hall–Kier alpha value is -1.93. The van der Waals surface area contributed by atoms with E-state index in [1.54, 1.807) is 12.1 Å². The summed E-state index contributed by atoms with van der Waals surface area (Å²) in [4.78, 5) is 17.1. The van der Waals surface area contributed by atoms with Gasteiger partial charge >= 0.3 is 0 Å². The fourth-order valence-corrected chi connectivity index (χ4v) is 1.59. The molecule has 5 nitrogen and oxygen atoms in total. The minimum atomic E-state index is -0.134. The van der Waals surface area contributed by atoms with E-state index in [4.69, 9.17) is 11.0 Å². The van der Waals surface area contributed by atoms with Crippen LogP contribution in [0, 0.1) is 11.3 Å². The van der Waals surface area contributed by atoms with Gasteiger partial charge in [-0.05, 0) is 12.1 Å². The molecule has 1 aromatic rings. The van der Waals surface area contributed by atoms with Gasteiger partial charge in [-0.25, -0.2) is 4.98 Å². The van der Waals surface area contributed by atoms with Crippen molar-refractivity contribution in [3.05, 3.63) is 23.9 Å². The Kier molecular flexibility index (Phi) is 2.35. The summed E-state index contributed by atoms with van der Waals surface area (Å²) in [6, 6.07) is 5.07. The SMILES string of the molecule is N#Cc1ccnc(N2CC(N)CC2=O)c1. The summed E-state index contributed by atoms with van der Waals surface area (Å²) < 4.78 is 0. The third-order valence-corrected chi connectivity index (χ3v) is 2.31. The molecule has 2 rings (SSSR count). The molecule has 1 saturated heterocycles. The molecule has 1 aromatic heterocycles. The number of carbonyl (C=O) groups excluding carboxylic acids is 1. The van der Waals surface area contributed by atoms with Gasteiger partial charge in [-0.15, -0.1) is 0 Å². The second kappa shape index (κ2) is 3.67. The van der Waals surface area contributed by atoms with Gasteiger partial charge < -0.3 is 5.73 Å². The highest BCUT2D eigenvalue weighted by Gasteiger charge is 2.28. The van der Waals surface area contributed by atoms with Gasteiger partial charge in [0.05, 0.1) is 11.6 Å². The fourth-order valence-electron chi connectivity index (χ4n) is 1.59. The van der Waals surface area contributed by atoms with Crippen molar-refractivity contribution in [2.45, 2.75) is 12.5 Å². The van der Waals surface area contributed by atoms with E-state index in [0.717, 1.165) is 0 Å². The third-order valence-electron chi connectivity index (χ3n) is 2.31. The van der Waals surface area contributed by atoms with Gasteiger partial charge in [-0.2, -0.15) is 5.26 Å². The summed E-state index contributed by atoms with van der Waals surface area (Å²) in [7, 11) is 0. The van der Waals surface area contributed by atoms with E-state index in [1.165, 1.54) is 11.1 Å². The number of nitrogens with two attached hydrogens (primary N) is 1. The molecular weight excluding hydrogens is 192 g/mol. The van der Waals surface area contributed by atoms with Crippen LogP contribution in [-0.2, 0) is 4.79 Å². The van der Waals surface area contributed by atoms with Crippen molar-refractivity contribution < 1.29 is 4.79 Å². The number of nitrogens with zero attached hydrogens (tertiary/aromatic N) is 3. The molecule has 1 amide bonds. The van der Waals surface area contributed by atoms with Gasteiger partial charge in [0.1, 0.15) is 5.82 Å². The van der Waals surface area contributed by atoms with Crippen LogP contribution in [0.15, 0.2) is 18.3 Å². The summed E-state index contributed by atoms with van der Waals surface area (Å²) in [5.74, 6) is 0.470. The predicted octanol–water partition coefficient (Wildman–Crippen LogP) is 0.0173. The zero-order valence-corrected chi connectivity index (χ0v) is 8.05. The first-order valence-corrected chi connectivity index (χ1v) is 4.63. The zero-order valence-electron chi connectivity index (χ0n) is 8.05. The quantitative estimate of drug-likeness (QED) is 0.695. The molecule has 1 atom stereocenters. The average Bonchev–Trinajstić information content (AvgIpc) is 2.58. The summed E-state index contributed by atoms with van der Waals surface area (Å²) >= 11 is 0. The Morgan fingerprint density at radius 3 is 3.07 bits per heavy atom. The second-order valence-electron chi connectivity index (χ2n) is 3.48. The monoisotopic (exact) mass is 202 g/mol. The van der Waals surface area contributed by atoms with Crippen LogP contribution < -0.4 is 10.6 Å². The number of hydrogen-bond donors (Lipinski definition) is 1. The van der Waals surface area contributed by atoms with Crippen molar-refractivity contribution in [3.8, 4) is 6.07 Å². The van der Waals surface area contributed by atoms with Gasteiger partial charge in [0.25, 0.3) is 0 Å². The maximum atomic E-state index is 11.5. The first-order chi connectivity index (χ1) is 7.20. The summed E-state index contributed by atoms with van der Waals surface area (Å²) in [5, 5.41) is 8.72. The van der Waals surface area contributed by atoms with E-state index in [-0.39, 0.29) is 11.9 Å². The number of hydrogen-bond acceptors (Lipinski definition) is 4. The van der Waals surface area contributed by atoms with E-state index >= 15 is 0 Å². The van der Waals surface area contributed by atoms with Gasteiger partial charge in [0.15, 0.2) is 0 Å². The third kappa shape index (κ3) is 1.80. The number of amides is 1. The van der Waals surface area contributed by atoms with E-state index in [9.17, 15) is 4.79 Å². The molecule has 2 N–H and O–H groups in total. The first kappa shape index (κ1) is 9.62. The van der Waals surface area contributed by atoms with Crippen LogP contribution in [0.3, 0.4) is 0 Å². The van der Waals surface area contributed by atoms with Crippen LogP contribution in [0.25, 0.3) is 0 Å². The maximum absolute atomic E-state index is 11.5. The molecule has 1 aliphatic heterocycles. The van der Waals surface area contributed by atoms with Crippen LogP contribution >= 0.6 is 0 Å². The first-order valence-electron chi connectivity index (χ1n) is 4.63. The Morgan fingerprint density at radius 1 is 1.67 bits per heavy atom. The van der Waals surface area contributed by atoms with E-state index in [1.807, 2.05) is 6.07 Å². The van der Waals surface area contributed by atoms with Crippen molar-refractivity contribution in [3.63, 3.8) is 0 Å². The molecule has 0 radical (unpaired) electrons. The van der Waals surface area contributed by atoms with Gasteiger partial charge in [-0.1, -0.05) is 0 Å². The largest absolute Gasteiger partial charge is 0.326 e. The number of rotatable bonds is 1. The molecule has 1 aliphatic rings. The number of aromatic nitrogens is 1. The van der Waals surface area contributed by atoms with Crippen LogP contribution in [0.5, 0.6) is 0 Å². The molecule has 76 valence electrons. The molecule has 0 saturated carbocycles. The van der Waals surface area contributed by atoms with Crippen LogP contribution in [0.1, 0.15) is 12.0 Å². The van der Waals surface area contributed by atoms with Crippen molar-refractivity contribution in [2.24, 2.45) is 5.73 Å².